The van der Waals surface area contributed by atoms with Gasteiger partial charge in [-0.1, -0.05) is 51.1 Å². The first-order valence-corrected chi connectivity index (χ1v) is 12.0. The summed E-state index contributed by atoms with van der Waals surface area (Å²) in [6.45, 7) is 8.25. The Morgan fingerprint density at radius 1 is 1.13 bits per heavy atom. The van der Waals surface area contributed by atoms with E-state index in [1.165, 1.54) is 9.87 Å². The molecule has 0 bridgehead atoms. The van der Waals surface area contributed by atoms with Crippen molar-refractivity contribution in [2.45, 2.75) is 38.0 Å². The molecule has 1 amide bonds. The fourth-order valence-electron chi connectivity index (χ4n) is 3.88. The minimum absolute atomic E-state index is 0.0227. The van der Waals surface area contributed by atoms with Gasteiger partial charge in [-0.15, -0.1) is 0 Å². The van der Waals surface area contributed by atoms with Crippen molar-refractivity contribution in [1.29, 1.82) is 0 Å². The first-order valence-electron chi connectivity index (χ1n) is 10.6. The molecule has 0 aromatic heterocycles. The van der Waals surface area contributed by atoms with E-state index >= 15 is 0 Å². The number of hydrogen-bond acceptors (Lipinski definition) is 4. The number of fused-ring (bicyclic) bond motifs is 1. The van der Waals surface area contributed by atoms with Gasteiger partial charge in [-0.25, -0.2) is 8.42 Å². The Morgan fingerprint density at radius 2 is 1.83 bits per heavy atom. The van der Waals surface area contributed by atoms with Crippen molar-refractivity contribution in [2.24, 2.45) is 0 Å². The van der Waals surface area contributed by atoms with Gasteiger partial charge in [0.2, 0.25) is 15.9 Å². The number of nitrogens with one attached hydrogen (secondary N) is 1. The van der Waals surface area contributed by atoms with Crippen LogP contribution in [-0.2, 0) is 21.2 Å². The quantitative estimate of drug-likeness (QED) is 0.665. The molecule has 0 saturated carbocycles. The molecule has 1 atom stereocenters. The molecule has 0 aliphatic carbocycles. The molecule has 1 aliphatic heterocycles. The summed E-state index contributed by atoms with van der Waals surface area (Å²) >= 11 is 0. The van der Waals surface area contributed by atoms with Gasteiger partial charge in [0.25, 0.3) is 0 Å². The molecule has 162 valence electrons. The van der Waals surface area contributed by atoms with Gasteiger partial charge < -0.3 is 10.2 Å². The van der Waals surface area contributed by atoms with Crippen molar-refractivity contribution < 1.29 is 13.2 Å². The van der Waals surface area contributed by atoms with Crippen LogP contribution in [-0.4, -0.2) is 51.4 Å². The van der Waals surface area contributed by atoms with Gasteiger partial charge >= 0.3 is 0 Å². The zero-order valence-electron chi connectivity index (χ0n) is 18.0. The van der Waals surface area contributed by atoms with Crippen molar-refractivity contribution in [3.63, 3.8) is 0 Å². The Kier molecular flexibility index (Phi) is 7.15. The lowest BCUT2D eigenvalue weighted by molar-refractivity contribution is -0.119. The normalized spacial score (nSPS) is 14.6. The van der Waals surface area contributed by atoms with E-state index < -0.39 is 10.0 Å². The van der Waals surface area contributed by atoms with Gasteiger partial charge in [0.15, 0.2) is 0 Å². The zero-order valence-corrected chi connectivity index (χ0v) is 18.8. The zero-order chi connectivity index (χ0) is 21.7. The van der Waals surface area contributed by atoms with E-state index in [0.717, 1.165) is 17.7 Å². The van der Waals surface area contributed by atoms with Gasteiger partial charge in [-0.3, -0.25) is 4.79 Å². The molecule has 0 unspecified atom stereocenters. The maximum Gasteiger partial charge on any atom is 0.243 e. The number of sulfonamides is 1. The predicted molar refractivity (Wildman–Crippen MR) is 120 cm³/mol. The summed E-state index contributed by atoms with van der Waals surface area (Å²) in [4.78, 5) is 14.8. The minimum atomic E-state index is -3.47. The SMILES string of the molecule is CCN(CC)S(=O)(=O)c1ccc2c(c1)CCN2CC(=O)NC[C@@H](C)c1ccccc1. The first-order chi connectivity index (χ1) is 14.4. The van der Waals surface area contributed by atoms with Gasteiger partial charge in [-0.2, -0.15) is 4.31 Å². The topological polar surface area (TPSA) is 69.7 Å². The molecule has 1 N–H and O–H groups in total. The van der Waals surface area contributed by atoms with Crippen LogP contribution in [0, 0.1) is 0 Å². The van der Waals surface area contributed by atoms with E-state index in [2.05, 4.69) is 24.4 Å². The van der Waals surface area contributed by atoms with Crippen molar-refractivity contribution >= 4 is 21.6 Å². The summed E-state index contributed by atoms with van der Waals surface area (Å²) in [5.41, 5.74) is 3.12. The third-order valence-corrected chi connectivity index (χ3v) is 7.74. The molecule has 7 heteroatoms. The summed E-state index contributed by atoms with van der Waals surface area (Å²) in [5, 5.41) is 3.02. The number of rotatable bonds is 9. The lowest BCUT2D eigenvalue weighted by Crippen LogP contribution is -2.37. The molecule has 30 heavy (non-hydrogen) atoms. The second-order valence-electron chi connectivity index (χ2n) is 7.67. The van der Waals surface area contributed by atoms with Crippen LogP contribution in [0.5, 0.6) is 0 Å². The summed E-state index contributed by atoms with van der Waals surface area (Å²) in [6.07, 6.45) is 0.741. The third-order valence-electron chi connectivity index (χ3n) is 5.69. The van der Waals surface area contributed by atoms with Crippen molar-refractivity contribution in [3.05, 3.63) is 59.7 Å². The Bertz CT molecular complexity index is 972. The molecule has 6 nitrogen and oxygen atoms in total. The van der Waals surface area contributed by atoms with E-state index in [1.807, 2.05) is 43.0 Å². The summed E-state index contributed by atoms with van der Waals surface area (Å²) in [6, 6.07) is 15.4. The van der Waals surface area contributed by atoms with Crippen molar-refractivity contribution in [2.75, 3.05) is 37.6 Å². The fraction of sp³-hybridized carbons (Fsp3) is 0.435. The molecular formula is C23H31N3O3S. The lowest BCUT2D eigenvalue weighted by Gasteiger charge is -2.21. The van der Waals surface area contributed by atoms with Crippen LogP contribution in [0.25, 0.3) is 0 Å². The number of hydrogen-bond donors (Lipinski definition) is 1. The molecule has 2 aromatic rings. The van der Waals surface area contributed by atoms with Crippen molar-refractivity contribution in [3.8, 4) is 0 Å². The monoisotopic (exact) mass is 429 g/mol. The van der Waals surface area contributed by atoms with E-state index in [0.29, 0.717) is 31.1 Å². The van der Waals surface area contributed by atoms with Crippen LogP contribution >= 0.6 is 0 Å². The van der Waals surface area contributed by atoms with Crippen LogP contribution in [0.1, 0.15) is 37.8 Å². The number of benzene rings is 2. The number of anilines is 1. The fourth-order valence-corrected chi connectivity index (χ4v) is 5.39. The molecule has 0 spiro atoms. The summed E-state index contributed by atoms with van der Waals surface area (Å²) < 4.78 is 27.0. The smallest absolute Gasteiger partial charge is 0.243 e. The van der Waals surface area contributed by atoms with E-state index in [9.17, 15) is 13.2 Å². The average Bonchev–Trinajstić information content (AvgIpc) is 3.15. The summed E-state index contributed by atoms with van der Waals surface area (Å²) in [5.74, 6) is 0.222. The van der Waals surface area contributed by atoms with Gasteiger partial charge in [-0.05, 0) is 41.7 Å². The summed E-state index contributed by atoms with van der Waals surface area (Å²) in [7, 11) is -3.47. The molecule has 1 heterocycles. The Morgan fingerprint density at radius 3 is 2.50 bits per heavy atom. The molecular weight excluding hydrogens is 398 g/mol. The maximum absolute atomic E-state index is 12.8. The highest BCUT2D eigenvalue weighted by Gasteiger charge is 2.26. The van der Waals surface area contributed by atoms with Crippen LogP contribution in [0.2, 0.25) is 0 Å². The van der Waals surface area contributed by atoms with E-state index in [4.69, 9.17) is 0 Å². The molecule has 0 saturated heterocycles. The predicted octanol–water partition coefficient (Wildman–Crippen LogP) is 3.00. The minimum Gasteiger partial charge on any atom is -0.362 e. The van der Waals surface area contributed by atoms with E-state index in [-0.39, 0.29) is 18.4 Å². The number of carbonyl (C=O) groups is 1. The largest absolute Gasteiger partial charge is 0.362 e. The highest BCUT2D eigenvalue weighted by Crippen LogP contribution is 2.31. The van der Waals surface area contributed by atoms with Gasteiger partial charge in [0.1, 0.15) is 0 Å². The molecule has 0 fully saturated rings. The Balaban J connectivity index is 1.62. The highest BCUT2D eigenvalue weighted by molar-refractivity contribution is 7.89. The lowest BCUT2D eigenvalue weighted by atomic mass is 10.0. The molecule has 3 rings (SSSR count). The van der Waals surface area contributed by atoms with Gasteiger partial charge in [0.05, 0.1) is 11.4 Å². The number of carbonyl (C=O) groups excluding carboxylic acids is 1. The third kappa shape index (κ3) is 4.84. The number of nitrogens with zero attached hydrogens (tertiary/aromatic N) is 2. The maximum atomic E-state index is 12.8. The average molecular weight is 430 g/mol. The van der Waals surface area contributed by atoms with Crippen LogP contribution in [0.3, 0.4) is 0 Å². The van der Waals surface area contributed by atoms with Crippen LogP contribution in [0.4, 0.5) is 5.69 Å². The molecule has 2 aromatic carbocycles. The Hall–Kier alpha value is -2.38. The second-order valence-corrected chi connectivity index (χ2v) is 9.61. The van der Waals surface area contributed by atoms with Crippen LogP contribution in [0.15, 0.2) is 53.4 Å². The molecule has 1 aliphatic rings. The van der Waals surface area contributed by atoms with Gasteiger partial charge in [0, 0.05) is 31.9 Å². The highest BCUT2D eigenvalue weighted by atomic mass is 32.2. The number of amides is 1. The van der Waals surface area contributed by atoms with Crippen LogP contribution < -0.4 is 10.2 Å². The Labute approximate surface area is 179 Å². The first kappa shape index (κ1) is 22.3. The standard InChI is InChI=1S/C23H31N3O3S/c1-4-26(5-2)30(28,29)21-11-12-22-20(15-21)13-14-25(22)17-23(27)24-16-18(3)19-9-7-6-8-10-19/h6-12,15,18H,4-5,13-14,16-17H2,1-3H3,(H,24,27)/t18-/m1/s1. The van der Waals surface area contributed by atoms with Crippen molar-refractivity contribution in [1.82, 2.24) is 9.62 Å². The van der Waals surface area contributed by atoms with E-state index in [1.54, 1.807) is 12.1 Å². The second kappa shape index (κ2) is 9.62. The molecule has 0 radical (unpaired) electrons.